The van der Waals surface area contributed by atoms with Crippen LogP contribution < -0.4 is 0 Å². The quantitative estimate of drug-likeness (QED) is 0.0633. The van der Waals surface area contributed by atoms with Crippen molar-refractivity contribution in [1.29, 1.82) is 5.41 Å². The Morgan fingerprint density at radius 2 is 0.716 bits per heavy atom. The molecule has 3 fully saturated rings. The molecule has 3 aliphatic rings. The molecule has 2 N–H and O–H groups in total. The van der Waals surface area contributed by atoms with Crippen LogP contribution in [0, 0.1) is 5.41 Å². The van der Waals surface area contributed by atoms with Crippen LogP contribution >= 0.6 is 34.8 Å². The molecule has 378 valence electrons. The minimum Gasteiger partial charge on any atom is -0.463 e. The van der Waals surface area contributed by atoms with Crippen molar-refractivity contribution in [2.24, 2.45) is 0 Å². The molecule has 0 bridgehead atoms. The largest absolute Gasteiger partial charge is 0.463 e. The monoisotopic (exact) mass is 1030 g/mol. The number of rotatable bonds is 17. The van der Waals surface area contributed by atoms with Gasteiger partial charge >= 0.3 is 53.7 Å². The second-order valence-electron chi connectivity index (χ2n) is 14.6. The lowest BCUT2D eigenvalue weighted by Crippen LogP contribution is -2.65. The number of carbonyl (C=O) groups is 9. The Morgan fingerprint density at radius 1 is 0.418 bits per heavy atom. The van der Waals surface area contributed by atoms with Gasteiger partial charge in [-0.05, 0) is 0 Å². The van der Waals surface area contributed by atoms with E-state index in [-0.39, 0.29) is 0 Å². The highest BCUT2D eigenvalue weighted by Gasteiger charge is 2.57. The lowest BCUT2D eigenvalue weighted by atomic mass is 9.97. The van der Waals surface area contributed by atoms with E-state index in [1.54, 1.807) is 0 Å². The van der Waals surface area contributed by atoms with Crippen molar-refractivity contribution in [3.8, 4) is 0 Å². The number of aliphatic hydroxyl groups excluding tert-OH is 1. The summed E-state index contributed by atoms with van der Waals surface area (Å²) in [6.07, 6.45) is -26.5. The Balaban J connectivity index is 2.13. The third-order valence-electron chi connectivity index (χ3n) is 9.01. The summed E-state index contributed by atoms with van der Waals surface area (Å²) in [6.45, 7) is 6.52. The highest BCUT2D eigenvalue weighted by molar-refractivity contribution is 6.76. The number of carbonyl (C=O) groups excluding carboxylic acids is 9. The van der Waals surface area contributed by atoms with Crippen LogP contribution in [0.1, 0.15) is 62.3 Å². The molecule has 3 rings (SSSR count). The molecule has 0 radical (unpaired) electrons. The molecule has 3 saturated heterocycles. The van der Waals surface area contributed by atoms with Gasteiger partial charge in [0, 0.05) is 62.3 Å². The number of nitrogens with one attached hydrogen (secondary N) is 1. The molecule has 3 heterocycles. The second kappa shape index (κ2) is 25.1. The number of aliphatic hydroxyl groups is 1. The van der Waals surface area contributed by atoms with E-state index in [1.807, 2.05) is 0 Å². The zero-order valence-corrected chi connectivity index (χ0v) is 39.4. The fraction of sp³-hybridized carbons (Fsp3) is 0.737. The molecule has 15 atom stereocenters. The molecule has 67 heavy (non-hydrogen) atoms. The van der Waals surface area contributed by atoms with E-state index >= 15 is 0 Å². The topological polar surface area (TPSA) is 336 Å². The number of halogens is 3. The van der Waals surface area contributed by atoms with E-state index in [2.05, 4.69) is 0 Å². The highest BCUT2D eigenvalue weighted by Crippen LogP contribution is 2.36. The van der Waals surface area contributed by atoms with E-state index < -0.39 is 175 Å². The van der Waals surface area contributed by atoms with Crippen LogP contribution in [0.15, 0.2) is 0 Å². The normalized spacial score (nSPS) is 31.6. The van der Waals surface area contributed by atoms with Gasteiger partial charge in [-0.3, -0.25) is 48.6 Å². The van der Waals surface area contributed by atoms with Crippen molar-refractivity contribution in [2.75, 3.05) is 19.8 Å². The fourth-order valence-corrected chi connectivity index (χ4v) is 6.92. The molecule has 0 aromatic heterocycles. The van der Waals surface area contributed by atoms with Crippen molar-refractivity contribution in [3.63, 3.8) is 0 Å². The predicted octanol–water partition coefficient (Wildman–Crippen LogP) is -0.0640. The zero-order valence-electron chi connectivity index (χ0n) is 37.2. The molecule has 1 unspecified atom stereocenters. The molecule has 3 aliphatic heterocycles. The van der Waals surface area contributed by atoms with Crippen LogP contribution in [0.5, 0.6) is 0 Å². The Labute approximate surface area is 396 Å². The van der Waals surface area contributed by atoms with Gasteiger partial charge in [0.15, 0.2) is 61.4 Å². The zero-order chi connectivity index (χ0) is 50.7. The molecule has 0 amide bonds. The first-order valence-corrected chi connectivity index (χ1v) is 20.9. The van der Waals surface area contributed by atoms with Gasteiger partial charge in [-0.25, -0.2) is 0 Å². The van der Waals surface area contributed by atoms with Crippen molar-refractivity contribution in [2.45, 2.75) is 158 Å². The van der Waals surface area contributed by atoms with Crippen molar-refractivity contribution < 1.29 is 119 Å². The van der Waals surface area contributed by atoms with Gasteiger partial charge in [0.25, 0.3) is 3.79 Å². The number of hydrogen-bond donors (Lipinski definition) is 2. The maximum Gasteiger partial charge on any atom is 0.303 e. The molecule has 0 aromatic rings. The molecular formula is C38H50Cl3NO25. The summed E-state index contributed by atoms with van der Waals surface area (Å²) in [5.41, 5.74) is 0. The lowest BCUT2D eigenvalue weighted by Gasteiger charge is -2.47. The molecular weight excluding hydrogens is 977 g/mol. The summed E-state index contributed by atoms with van der Waals surface area (Å²) in [5, 5.41) is 19.4. The average Bonchev–Trinajstić information content (AvgIpc) is 3.17. The van der Waals surface area contributed by atoms with Crippen LogP contribution in [0.3, 0.4) is 0 Å². The first-order valence-electron chi connectivity index (χ1n) is 19.8. The van der Waals surface area contributed by atoms with Gasteiger partial charge < -0.3 is 76.2 Å². The van der Waals surface area contributed by atoms with Gasteiger partial charge in [0.1, 0.15) is 31.0 Å². The van der Waals surface area contributed by atoms with E-state index in [0.29, 0.717) is 0 Å². The van der Waals surface area contributed by atoms with E-state index in [0.717, 1.165) is 62.3 Å². The summed E-state index contributed by atoms with van der Waals surface area (Å²) in [6, 6.07) is 0. The molecule has 29 heteroatoms. The number of ether oxygens (including phenoxy) is 15. The Morgan fingerprint density at radius 3 is 1.07 bits per heavy atom. The molecule has 0 saturated carbocycles. The molecule has 26 nitrogen and oxygen atoms in total. The van der Waals surface area contributed by atoms with Crippen LogP contribution in [-0.2, 0) is 114 Å². The second-order valence-corrected chi connectivity index (χ2v) is 16.9. The number of esters is 9. The van der Waals surface area contributed by atoms with Crippen LogP contribution in [0.4, 0.5) is 0 Å². The SMILES string of the molecule is CC(=O)OC[C@H]1O[C@@H](OC[C@H]2O[C@@H](OC[C@H]3OC(OC(=N)C(Cl)(Cl)Cl)[C@H](OC(C)=O)[C@@H](O)[C@@H]3OC(C)=O)[C@H](OC(C)=O)[C@@H](OC(C)=O)[C@@H]2OC(C)=O)[C@H](OC(C)=O)[C@@H](OC(C)=O)[C@@H]1OC(C)=O. The third kappa shape index (κ3) is 17.1. The first kappa shape index (κ1) is 56.7. The van der Waals surface area contributed by atoms with E-state index in [1.165, 1.54) is 0 Å². The maximum atomic E-state index is 12.6. The number of alkyl halides is 3. The number of hydrogen-bond acceptors (Lipinski definition) is 26. The molecule has 0 aromatic carbocycles. The Kier molecular flexibility index (Phi) is 21.2. The summed E-state index contributed by atoms with van der Waals surface area (Å²) in [7, 11) is 0. The van der Waals surface area contributed by atoms with Gasteiger partial charge in [-0.1, -0.05) is 34.8 Å². The van der Waals surface area contributed by atoms with Crippen LogP contribution in [-0.4, -0.2) is 180 Å². The summed E-state index contributed by atoms with van der Waals surface area (Å²) in [4.78, 5) is 111. The molecule has 0 aliphatic carbocycles. The van der Waals surface area contributed by atoms with Crippen molar-refractivity contribution >= 4 is 94.4 Å². The van der Waals surface area contributed by atoms with Gasteiger partial charge in [0.05, 0.1) is 13.2 Å². The van der Waals surface area contributed by atoms with E-state index in [9.17, 15) is 48.3 Å². The summed E-state index contributed by atoms with van der Waals surface area (Å²) >= 11 is 17.4. The molecule has 0 spiro atoms. The predicted molar refractivity (Wildman–Crippen MR) is 214 cm³/mol. The fourth-order valence-electron chi connectivity index (χ4n) is 6.79. The smallest absolute Gasteiger partial charge is 0.303 e. The van der Waals surface area contributed by atoms with Gasteiger partial charge in [-0.2, -0.15) is 0 Å². The average molecular weight is 1030 g/mol. The Bertz CT molecular complexity index is 1850. The van der Waals surface area contributed by atoms with Gasteiger partial charge in [-0.15, -0.1) is 0 Å². The maximum absolute atomic E-state index is 12.6. The third-order valence-corrected chi connectivity index (χ3v) is 9.52. The van der Waals surface area contributed by atoms with E-state index in [4.69, 9.17) is 111 Å². The minimum atomic E-state index is -2.50. The van der Waals surface area contributed by atoms with Crippen LogP contribution in [0.2, 0.25) is 0 Å². The Hall–Kier alpha value is -4.67. The summed E-state index contributed by atoms with van der Waals surface area (Å²) in [5.74, 6) is -9.71. The standard InChI is InChI=1S/C38H50Cl3NO25/c1-13(43)53-10-23-27(57-15(3)45)30(60-18(6)48)32(62-20(8)50)35(64-23)55-12-24-28(58-16(4)46)31(61-19(7)49)33(63-21(9)51)34(65-24)54-11-22-26(56-14(2)44)25(52)29(59-17(5)47)36(66-22)67-37(42)38(39,40)41/h22-36,42,52H,10-12H2,1-9H3/t22-,23-,24-,25+,26-,27-,28-,29-,30+,31+,32-,33-,34-,35-,36?/m1/s1. The van der Waals surface area contributed by atoms with Gasteiger partial charge in [0.2, 0.25) is 12.2 Å². The highest BCUT2D eigenvalue weighted by atomic mass is 35.6. The van der Waals surface area contributed by atoms with Crippen LogP contribution in [0.25, 0.3) is 0 Å². The van der Waals surface area contributed by atoms with Crippen molar-refractivity contribution in [1.82, 2.24) is 0 Å². The minimum absolute atomic E-state index is 0.631. The lowest BCUT2D eigenvalue weighted by molar-refractivity contribution is -0.342. The first-order chi connectivity index (χ1) is 31.1. The summed E-state index contributed by atoms with van der Waals surface area (Å²) < 4.78 is 81.2. The van der Waals surface area contributed by atoms with Crippen molar-refractivity contribution in [3.05, 3.63) is 0 Å².